The normalized spacial score (nSPS) is 20.0. The minimum atomic E-state index is -0.497. The summed E-state index contributed by atoms with van der Waals surface area (Å²) < 4.78 is 0. The second kappa shape index (κ2) is 6.85. The van der Waals surface area contributed by atoms with Crippen molar-refractivity contribution in [2.24, 2.45) is 5.92 Å². The lowest BCUT2D eigenvalue weighted by molar-refractivity contribution is 0.0234. The third-order valence-corrected chi connectivity index (χ3v) is 5.03. The van der Waals surface area contributed by atoms with Gasteiger partial charge in [-0.25, -0.2) is 0 Å². The van der Waals surface area contributed by atoms with Gasteiger partial charge in [-0.15, -0.1) is 0 Å². The van der Waals surface area contributed by atoms with Crippen LogP contribution in [0.15, 0.2) is 53.6 Å². The Bertz CT molecular complexity index is 1060. The first kappa shape index (κ1) is 17.2. The molecule has 1 unspecified atom stereocenters. The van der Waals surface area contributed by atoms with E-state index in [0.29, 0.717) is 12.8 Å². The molecule has 7 heteroatoms. The third kappa shape index (κ3) is 3.41. The molecule has 0 radical (unpaired) electrons. The number of hydrogen-bond donors (Lipinski definition) is 4. The van der Waals surface area contributed by atoms with E-state index in [4.69, 9.17) is 0 Å². The SMILES string of the molecule is O=C(NC(c1cnc2ccccc2c1)C1CC(O)C1)c1c[nH]c(=O)cc1O. The Morgan fingerprint density at radius 3 is 2.78 bits per heavy atom. The van der Waals surface area contributed by atoms with E-state index in [-0.39, 0.29) is 29.4 Å². The maximum atomic E-state index is 12.7. The van der Waals surface area contributed by atoms with Gasteiger partial charge in [0.05, 0.1) is 23.2 Å². The first-order chi connectivity index (χ1) is 13.0. The number of H-pyrrole nitrogens is 1. The number of hydrogen-bond acceptors (Lipinski definition) is 5. The van der Waals surface area contributed by atoms with Gasteiger partial charge in [0.25, 0.3) is 11.5 Å². The molecular formula is C20H19N3O4. The van der Waals surface area contributed by atoms with E-state index >= 15 is 0 Å². The monoisotopic (exact) mass is 365 g/mol. The second-order valence-corrected chi connectivity index (χ2v) is 6.89. The van der Waals surface area contributed by atoms with Gasteiger partial charge in [0.15, 0.2) is 0 Å². The number of para-hydroxylation sites is 1. The fourth-order valence-corrected chi connectivity index (χ4v) is 3.50. The zero-order valence-corrected chi connectivity index (χ0v) is 14.4. The molecule has 3 aromatic rings. The topological polar surface area (TPSA) is 115 Å². The minimum absolute atomic E-state index is 0.00628. The number of carbonyl (C=O) groups excluding carboxylic acids is 1. The molecule has 1 atom stereocenters. The van der Waals surface area contributed by atoms with Crippen LogP contribution in [-0.2, 0) is 0 Å². The summed E-state index contributed by atoms with van der Waals surface area (Å²) in [6.45, 7) is 0. The lowest BCUT2D eigenvalue weighted by Crippen LogP contribution is -2.41. The van der Waals surface area contributed by atoms with E-state index < -0.39 is 11.5 Å². The average Bonchev–Trinajstić information content (AvgIpc) is 2.63. The van der Waals surface area contributed by atoms with Crippen molar-refractivity contribution in [1.29, 1.82) is 0 Å². The Balaban J connectivity index is 1.66. The number of aliphatic hydroxyl groups is 1. The molecule has 138 valence electrons. The van der Waals surface area contributed by atoms with Crippen LogP contribution >= 0.6 is 0 Å². The molecule has 7 nitrogen and oxygen atoms in total. The van der Waals surface area contributed by atoms with E-state index in [1.807, 2.05) is 30.3 Å². The Hall–Kier alpha value is -3.19. The molecule has 0 bridgehead atoms. The smallest absolute Gasteiger partial charge is 0.257 e. The zero-order chi connectivity index (χ0) is 19.0. The van der Waals surface area contributed by atoms with Crippen molar-refractivity contribution in [1.82, 2.24) is 15.3 Å². The van der Waals surface area contributed by atoms with Crippen LogP contribution in [0, 0.1) is 5.92 Å². The van der Waals surface area contributed by atoms with Crippen molar-refractivity contribution < 1.29 is 15.0 Å². The number of aromatic amines is 1. The lowest BCUT2D eigenvalue weighted by Gasteiger charge is -2.38. The molecule has 2 heterocycles. The van der Waals surface area contributed by atoms with E-state index in [1.54, 1.807) is 6.20 Å². The second-order valence-electron chi connectivity index (χ2n) is 6.89. The number of carbonyl (C=O) groups is 1. The van der Waals surface area contributed by atoms with Crippen molar-refractivity contribution in [2.45, 2.75) is 25.0 Å². The standard InChI is InChI=1S/C20H19N3O4/c24-14-6-12(7-14)19(13-5-11-3-1-2-4-16(11)21-9-13)23-20(27)15-10-22-18(26)8-17(15)25/h1-5,8-10,12,14,19,24H,6-7H2,(H,23,27)(H2,22,25,26). The summed E-state index contributed by atoms with van der Waals surface area (Å²) in [5.41, 5.74) is 1.20. The Morgan fingerprint density at radius 2 is 2.04 bits per heavy atom. The van der Waals surface area contributed by atoms with Gasteiger partial charge in [0, 0.05) is 23.8 Å². The number of fused-ring (bicyclic) bond motifs is 1. The minimum Gasteiger partial charge on any atom is -0.507 e. The van der Waals surface area contributed by atoms with Crippen molar-refractivity contribution in [3.8, 4) is 5.75 Å². The van der Waals surface area contributed by atoms with E-state index in [1.165, 1.54) is 6.20 Å². The van der Waals surface area contributed by atoms with Crippen LogP contribution < -0.4 is 10.9 Å². The summed E-state index contributed by atoms with van der Waals surface area (Å²) in [7, 11) is 0. The molecule has 1 amide bonds. The Morgan fingerprint density at radius 1 is 1.26 bits per heavy atom. The highest BCUT2D eigenvalue weighted by Crippen LogP contribution is 2.38. The Labute approximate surface area is 154 Å². The Kier molecular flexibility index (Phi) is 4.37. The molecule has 1 saturated carbocycles. The quantitative estimate of drug-likeness (QED) is 0.563. The van der Waals surface area contributed by atoms with Crippen LogP contribution in [0.2, 0.25) is 0 Å². The number of benzene rings is 1. The highest BCUT2D eigenvalue weighted by Gasteiger charge is 2.36. The van der Waals surface area contributed by atoms with Crippen LogP contribution in [0.4, 0.5) is 0 Å². The van der Waals surface area contributed by atoms with E-state index in [2.05, 4.69) is 15.3 Å². The molecule has 0 saturated heterocycles. The first-order valence-corrected chi connectivity index (χ1v) is 8.76. The molecule has 27 heavy (non-hydrogen) atoms. The summed E-state index contributed by atoms with van der Waals surface area (Å²) in [5, 5.41) is 23.5. The predicted octanol–water partition coefficient (Wildman–Crippen LogP) is 1.87. The molecule has 0 spiro atoms. The zero-order valence-electron chi connectivity index (χ0n) is 14.4. The molecule has 1 aliphatic rings. The summed E-state index contributed by atoms with van der Waals surface area (Å²) in [5.74, 6) is -0.805. The maximum Gasteiger partial charge on any atom is 0.257 e. The number of aromatic nitrogens is 2. The molecule has 4 rings (SSSR count). The molecule has 4 N–H and O–H groups in total. The number of rotatable bonds is 4. The highest BCUT2D eigenvalue weighted by molar-refractivity contribution is 5.96. The molecular weight excluding hydrogens is 346 g/mol. The number of nitrogens with one attached hydrogen (secondary N) is 2. The number of aromatic hydroxyl groups is 1. The van der Waals surface area contributed by atoms with Crippen molar-refractivity contribution in [3.05, 3.63) is 70.3 Å². The van der Waals surface area contributed by atoms with Crippen LogP contribution in [0.3, 0.4) is 0 Å². The fourth-order valence-electron chi connectivity index (χ4n) is 3.50. The number of aliphatic hydroxyl groups excluding tert-OH is 1. The third-order valence-electron chi connectivity index (χ3n) is 5.03. The predicted molar refractivity (Wildman–Crippen MR) is 99.4 cm³/mol. The summed E-state index contributed by atoms with van der Waals surface area (Å²) in [6.07, 6.45) is 3.71. The van der Waals surface area contributed by atoms with Gasteiger partial charge in [0.1, 0.15) is 5.75 Å². The van der Waals surface area contributed by atoms with Gasteiger partial charge in [0.2, 0.25) is 0 Å². The van der Waals surface area contributed by atoms with Crippen molar-refractivity contribution >= 4 is 16.8 Å². The van der Waals surface area contributed by atoms with Gasteiger partial charge in [-0.1, -0.05) is 18.2 Å². The van der Waals surface area contributed by atoms with E-state index in [0.717, 1.165) is 22.5 Å². The molecule has 1 fully saturated rings. The van der Waals surface area contributed by atoms with Crippen molar-refractivity contribution in [2.75, 3.05) is 0 Å². The van der Waals surface area contributed by atoms with Crippen LogP contribution in [0.1, 0.15) is 34.8 Å². The average molecular weight is 365 g/mol. The highest BCUT2D eigenvalue weighted by atomic mass is 16.3. The molecule has 1 aliphatic carbocycles. The summed E-state index contributed by atoms with van der Waals surface area (Å²) in [4.78, 5) is 30.8. The van der Waals surface area contributed by atoms with Gasteiger partial charge in [-0.3, -0.25) is 14.6 Å². The van der Waals surface area contributed by atoms with Gasteiger partial charge in [-0.2, -0.15) is 0 Å². The van der Waals surface area contributed by atoms with Crippen LogP contribution in [0.25, 0.3) is 10.9 Å². The van der Waals surface area contributed by atoms with Gasteiger partial charge in [-0.05, 0) is 36.5 Å². The first-order valence-electron chi connectivity index (χ1n) is 8.76. The fraction of sp³-hybridized carbons (Fsp3) is 0.250. The van der Waals surface area contributed by atoms with Crippen LogP contribution in [-0.4, -0.2) is 32.2 Å². The molecule has 2 aromatic heterocycles. The number of pyridine rings is 2. The summed E-state index contributed by atoms with van der Waals surface area (Å²) in [6, 6.07) is 10.3. The van der Waals surface area contributed by atoms with Crippen LogP contribution in [0.5, 0.6) is 5.75 Å². The van der Waals surface area contributed by atoms with Gasteiger partial charge >= 0.3 is 0 Å². The number of nitrogens with zero attached hydrogens (tertiary/aromatic N) is 1. The van der Waals surface area contributed by atoms with Crippen molar-refractivity contribution in [3.63, 3.8) is 0 Å². The van der Waals surface area contributed by atoms with E-state index in [9.17, 15) is 19.8 Å². The summed E-state index contributed by atoms with van der Waals surface area (Å²) >= 11 is 0. The molecule has 0 aliphatic heterocycles. The van der Waals surface area contributed by atoms with Gasteiger partial charge < -0.3 is 20.5 Å². The largest absolute Gasteiger partial charge is 0.507 e. The molecule has 1 aromatic carbocycles. The maximum absolute atomic E-state index is 12.7. The number of amides is 1. The lowest BCUT2D eigenvalue weighted by atomic mass is 9.75.